The van der Waals surface area contributed by atoms with Crippen molar-refractivity contribution < 1.29 is 8.42 Å². The average molecular weight is 405 g/mol. The van der Waals surface area contributed by atoms with Crippen molar-refractivity contribution in [3.05, 3.63) is 35.2 Å². The number of aryl methyl sites for hydroxylation is 4. The van der Waals surface area contributed by atoms with Crippen molar-refractivity contribution in [1.82, 2.24) is 19.5 Å². The van der Waals surface area contributed by atoms with Gasteiger partial charge in [-0.1, -0.05) is 17.8 Å². The molecule has 0 saturated heterocycles. The summed E-state index contributed by atoms with van der Waals surface area (Å²) >= 11 is 1.48. The number of imidazole rings is 1. The maximum absolute atomic E-state index is 11.5. The fourth-order valence-corrected chi connectivity index (χ4v) is 4.84. The average Bonchev–Trinajstić information content (AvgIpc) is 3.17. The molecular weight excluding hydrogens is 384 g/mol. The van der Waals surface area contributed by atoms with Gasteiger partial charge in [-0.2, -0.15) is 0 Å². The first kappa shape index (κ1) is 18.2. The van der Waals surface area contributed by atoms with Gasteiger partial charge in [0.15, 0.2) is 22.1 Å². The Balaban J connectivity index is 1.78. The molecule has 27 heavy (non-hydrogen) atoms. The predicted molar refractivity (Wildman–Crippen MR) is 105 cm³/mol. The van der Waals surface area contributed by atoms with Crippen LogP contribution in [0.25, 0.3) is 11.2 Å². The van der Waals surface area contributed by atoms with Crippen LogP contribution in [0.5, 0.6) is 0 Å². The summed E-state index contributed by atoms with van der Waals surface area (Å²) in [5.74, 6) is 0.0564. The van der Waals surface area contributed by atoms with Gasteiger partial charge >= 0.3 is 0 Å². The first-order chi connectivity index (χ1) is 12.8. The first-order valence-electron chi connectivity index (χ1n) is 8.59. The molecule has 3 aromatic rings. The second-order valence-corrected chi connectivity index (χ2v) is 9.43. The largest absolute Gasteiger partial charge is 0.382 e. The molecular formula is C17H20N6O2S2. The summed E-state index contributed by atoms with van der Waals surface area (Å²) in [6, 6.07) is 4.44. The maximum Gasteiger partial charge on any atom is 0.210 e. The molecule has 0 unspecified atom stereocenters. The number of benzene rings is 1. The van der Waals surface area contributed by atoms with Crippen LogP contribution in [0.3, 0.4) is 0 Å². The van der Waals surface area contributed by atoms with E-state index in [9.17, 15) is 8.42 Å². The van der Waals surface area contributed by atoms with Crippen LogP contribution in [0.4, 0.5) is 5.82 Å². The van der Waals surface area contributed by atoms with Gasteiger partial charge in [0.05, 0.1) is 5.75 Å². The summed E-state index contributed by atoms with van der Waals surface area (Å²) < 4.78 is 24.7. The van der Waals surface area contributed by atoms with Crippen molar-refractivity contribution in [2.24, 2.45) is 5.14 Å². The lowest BCUT2D eigenvalue weighted by atomic mass is 10.1. The quantitative estimate of drug-likeness (QED) is 0.661. The van der Waals surface area contributed by atoms with Crippen LogP contribution in [0.1, 0.15) is 23.1 Å². The SMILES string of the molecule is Cc1cc2c(cc1Sc1nc3c(N)ncnc3n1CCS(N)(=O)=O)CCC2. The highest BCUT2D eigenvalue weighted by Gasteiger charge is 2.19. The lowest BCUT2D eigenvalue weighted by Gasteiger charge is -2.11. The summed E-state index contributed by atoms with van der Waals surface area (Å²) in [5.41, 5.74) is 10.9. The summed E-state index contributed by atoms with van der Waals surface area (Å²) in [4.78, 5) is 13.9. The van der Waals surface area contributed by atoms with Gasteiger partial charge < -0.3 is 10.3 Å². The van der Waals surface area contributed by atoms with Crippen LogP contribution < -0.4 is 10.9 Å². The molecule has 0 atom stereocenters. The normalized spacial score (nSPS) is 14.0. The van der Waals surface area contributed by atoms with Crippen LogP contribution in [-0.2, 0) is 29.4 Å². The molecule has 4 rings (SSSR count). The van der Waals surface area contributed by atoms with Gasteiger partial charge in [0.25, 0.3) is 0 Å². The van der Waals surface area contributed by atoms with Crippen molar-refractivity contribution in [3.63, 3.8) is 0 Å². The third kappa shape index (κ3) is 3.64. The standard InChI is InChI=1S/C17H20N6O2S2/c1-10-7-11-3-2-4-12(11)8-13(10)26-17-22-14-15(18)20-9-21-16(14)23(17)5-6-27(19,24)25/h7-9H,2-6H2,1H3,(H2,18,20,21)(H2,19,24,25). The number of hydrogen-bond donors (Lipinski definition) is 2. The molecule has 10 heteroatoms. The monoisotopic (exact) mass is 404 g/mol. The zero-order chi connectivity index (χ0) is 19.2. The van der Waals surface area contributed by atoms with Crippen LogP contribution in [0.2, 0.25) is 0 Å². The van der Waals surface area contributed by atoms with E-state index in [0.29, 0.717) is 16.3 Å². The van der Waals surface area contributed by atoms with E-state index in [1.54, 1.807) is 4.57 Å². The highest BCUT2D eigenvalue weighted by atomic mass is 32.2. The van der Waals surface area contributed by atoms with Gasteiger partial charge in [0.1, 0.15) is 6.33 Å². The van der Waals surface area contributed by atoms with E-state index in [1.165, 1.54) is 41.2 Å². The Morgan fingerprint density at radius 2 is 1.96 bits per heavy atom. The van der Waals surface area contributed by atoms with Gasteiger partial charge in [0.2, 0.25) is 10.0 Å². The maximum atomic E-state index is 11.5. The Morgan fingerprint density at radius 3 is 2.70 bits per heavy atom. The molecule has 1 aliphatic carbocycles. The van der Waals surface area contributed by atoms with Crippen LogP contribution in [0.15, 0.2) is 28.5 Å². The van der Waals surface area contributed by atoms with E-state index >= 15 is 0 Å². The van der Waals surface area contributed by atoms with E-state index in [2.05, 4.69) is 34.0 Å². The number of sulfonamides is 1. The van der Waals surface area contributed by atoms with E-state index < -0.39 is 10.0 Å². The number of anilines is 1. The minimum atomic E-state index is -3.62. The van der Waals surface area contributed by atoms with Crippen molar-refractivity contribution in [2.75, 3.05) is 11.5 Å². The van der Waals surface area contributed by atoms with E-state index in [4.69, 9.17) is 10.9 Å². The molecule has 0 aliphatic heterocycles. The van der Waals surface area contributed by atoms with Crippen LogP contribution in [-0.4, -0.2) is 33.7 Å². The highest BCUT2D eigenvalue weighted by Crippen LogP contribution is 2.36. The summed E-state index contributed by atoms with van der Waals surface area (Å²) in [5, 5.41) is 5.82. The molecule has 1 aromatic carbocycles. The minimum Gasteiger partial charge on any atom is -0.382 e. The molecule has 4 N–H and O–H groups in total. The Bertz CT molecular complexity index is 1140. The molecule has 0 amide bonds. The second-order valence-electron chi connectivity index (χ2n) is 6.69. The minimum absolute atomic E-state index is 0.151. The van der Waals surface area contributed by atoms with Crippen LogP contribution >= 0.6 is 11.8 Å². The smallest absolute Gasteiger partial charge is 0.210 e. The molecule has 1 aliphatic rings. The Hall–Kier alpha value is -2.17. The van der Waals surface area contributed by atoms with E-state index in [-0.39, 0.29) is 18.1 Å². The number of hydrogen-bond acceptors (Lipinski definition) is 7. The summed E-state index contributed by atoms with van der Waals surface area (Å²) in [6.45, 7) is 2.23. The third-order valence-corrected chi connectivity index (χ3v) is 6.62. The van der Waals surface area contributed by atoms with E-state index in [0.717, 1.165) is 17.7 Å². The molecule has 0 saturated carbocycles. The van der Waals surface area contributed by atoms with Crippen LogP contribution in [0, 0.1) is 6.92 Å². The highest BCUT2D eigenvalue weighted by molar-refractivity contribution is 7.99. The predicted octanol–water partition coefficient (Wildman–Crippen LogP) is 1.65. The summed E-state index contributed by atoms with van der Waals surface area (Å²) in [7, 11) is -3.62. The molecule has 142 valence electrons. The lowest BCUT2D eigenvalue weighted by molar-refractivity contribution is 0.587. The third-order valence-electron chi connectivity index (χ3n) is 4.72. The Kier molecular flexibility index (Phi) is 4.57. The molecule has 2 aromatic heterocycles. The number of nitrogen functional groups attached to an aromatic ring is 1. The molecule has 0 bridgehead atoms. The molecule has 0 spiro atoms. The first-order valence-corrected chi connectivity index (χ1v) is 11.1. The number of rotatable bonds is 5. The zero-order valence-corrected chi connectivity index (χ0v) is 16.5. The number of nitrogens with zero attached hydrogens (tertiary/aromatic N) is 4. The van der Waals surface area contributed by atoms with Crippen molar-refractivity contribution in [2.45, 2.75) is 42.8 Å². The summed E-state index contributed by atoms with van der Waals surface area (Å²) in [6.07, 6.45) is 4.74. The molecule has 8 nitrogen and oxygen atoms in total. The van der Waals surface area contributed by atoms with Crippen molar-refractivity contribution in [1.29, 1.82) is 0 Å². The second kappa shape index (κ2) is 6.77. The zero-order valence-electron chi connectivity index (χ0n) is 14.8. The molecule has 2 heterocycles. The topological polar surface area (TPSA) is 130 Å². The lowest BCUT2D eigenvalue weighted by Crippen LogP contribution is -2.20. The van der Waals surface area contributed by atoms with Gasteiger partial charge in [-0.15, -0.1) is 0 Å². The van der Waals surface area contributed by atoms with Crippen molar-refractivity contribution >= 4 is 38.8 Å². The molecule has 0 fully saturated rings. The van der Waals surface area contributed by atoms with Gasteiger partial charge in [-0.3, -0.25) is 0 Å². The van der Waals surface area contributed by atoms with Gasteiger partial charge in [-0.25, -0.2) is 28.5 Å². The van der Waals surface area contributed by atoms with Crippen molar-refractivity contribution in [3.8, 4) is 0 Å². The Morgan fingerprint density at radius 1 is 1.22 bits per heavy atom. The fourth-order valence-electron chi connectivity index (χ4n) is 3.36. The fraction of sp³-hybridized carbons (Fsp3) is 0.353. The number of primary sulfonamides is 1. The number of fused-ring (bicyclic) bond motifs is 2. The van der Waals surface area contributed by atoms with Gasteiger partial charge in [0, 0.05) is 11.4 Å². The van der Waals surface area contributed by atoms with E-state index in [1.807, 2.05) is 0 Å². The number of nitrogens with two attached hydrogens (primary N) is 2. The molecule has 0 radical (unpaired) electrons. The Labute approximate surface area is 161 Å². The van der Waals surface area contributed by atoms with Gasteiger partial charge in [-0.05, 0) is 48.9 Å². The number of aromatic nitrogens is 4.